The maximum absolute atomic E-state index is 12.1. The van der Waals surface area contributed by atoms with Crippen LogP contribution in [0.3, 0.4) is 0 Å². The molecule has 5 nitrogen and oxygen atoms in total. The SMILES string of the molecule is CN=C(NCC(=O)NC1CCCCC1)N(C)Cc1ccccc1Br.I. The first kappa shape index (κ1) is 22.2. The fraction of sp³-hybridized carbons (Fsp3) is 0.556. The average Bonchev–Trinajstić information content (AvgIpc) is 2.58. The minimum Gasteiger partial charge on any atom is -0.352 e. The monoisotopic (exact) mass is 522 g/mol. The molecule has 25 heavy (non-hydrogen) atoms. The van der Waals surface area contributed by atoms with E-state index in [9.17, 15) is 4.79 Å². The second-order valence-corrected chi connectivity index (χ2v) is 7.11. The highest BCUT2D eigenvalue weighted by molar-refractivity contribution is 14.0. The van der Waals surface area contributed by atoms with Gasteiger partial charge < -0.3 is 15.5 Å². The van der Waals surface area contributed by atoms with E-state index in [0.29, 0.717) is 18.5 Å². The molecule has 0 atom stereocenters. The molecule has 0 aromatic heterocycles. The number of nitrogens with one attached hydrogen (secondary N) is 2. The summed E-state index contributed by atoms with van der Waals surface area (Å²) in [6.45, 7) is 0.967. The highest BCUT2D eigenvalue weighted by Gasteiger charge is 2.16. The minimum atomic E-state index is 0. The van der Waals surface area contributed by atoms with Crippen LogP contribution in [0.1, 0.15) is 37.7 Å². The van der Waals surface area contributed by atoms with Crippen molar-refractivity contribution < 1.29 is 4.79 Å². The molecule has 1 aromatic carbocycles. The summed E-state index contributed by atoms with van der Waals surface area (Å²) < 4.78 is 1.07. The maximum atomic E-state index is 12.1. The van der Waals surface area contributed by atoms with Gasteiger partial charge in [-0.3, -0.25) is 9.79 Å². The van der Waals surface area contributed by atoms with Crippen LogP contribution in [0, 0.1) is 0 Å². The van der Waals surface area contributed by atoms with Gasteiger partial charge in [0.15, 0.2) is 5.96 Å². The summed E-state index contributed by atoms with van der Waals surface area (Å²) in [5.74, 6) is 0.752. The van der Waals surface area contributed by atoms with E-state index >= 15 is 0 Å². The van der Waals surface area contributed by atoms with E-state index in [-0.39, 0.29) is 36.4 Å². The summed E-state index contributed by atoms with van der Waals surface area (Å²) in [5, 5.41) is 6.26. The molecule has 1 fully saturated rings. The molecule has 2 rings (SSSR count). The van der Waals surface area contributed by atoms with E-state index in [0.717, 1.165) is 17.3 Å². The van der Waals surface area contributed by atoms with Crippen LogP contribution < -0.4 is 10.6 Å². The van der Waals surface area contributed by atoms with E-state index in [2.05, 4.69) is 37.6 Å². The number of amides is 1. The standard InChI is InChI=1S/C18H27BrN4O.HI/c1-20-18(23(2)13-14-8-6-7-11-16(14)19)21-12-17(24)22-15-9-4-3-5-10-15;/h6-8,11,15H,3-5,9-10,12-13H2,1-2H3,(H,20,21)(H,22,24);1H. The topological polar surface area (TPSA) is 56.7 Å². The molecule has 1 aromatic rings. The van der Waals surface area contributed by atoms with Crippen molar-refractivity contribution >= 4 is 51.8 Å². The first-order chi connectivity index (χ1) is 11.6. The molecule has 0 spiro atoms. The third-order valence-electron chi connectivity index (χ3n) is 4.32. The van der Waals surface area contributed by atoms with Crippen molar-refractivity contribution in [3.05, 3.63) is 34.3 Å². The van der Waals surface area contributed by atoms with Crippen molar-refractivity contribution in [3.63, 3.8) is 0 Å². The zero-order valence-corrected chi connectivity index (χ0v) is 18.8. The highest BCUT2D eigenvalue weighted by Crippen LogP contribution is 2.18. The molecule has 140 valence electrons. The summed E-state index contributed by atoms with van der Waals surface area (Å²) in [6.07, 6.45) is 5.92. The number of benzene rings is 1. The van der Waals surface area contributed by atoms with E-state index in [1.807, 2.05) is 30.1 Å². The van der Waals surface area contributed by atoms with Crippen molar-refractivity contribution in [3.8, 4) is 0 Å². The van der Waals surface area contributed by atoms with Gasteiger partial charge in [0.05, 0.1) is 6.54 Å². The first-order valence-corrected chi connectivity index (χ1v) is 9.34. The number of aliphatic imine (C=N–C) groups is 1. The molecule has 0 aliphatic heterocycles. The van der Waals surface area contributed by atoms with Crippen molar-refractivity contribution in [1.29, 1.82) is 0 Å². The molecule has 2 N–H and O–H groups in total. The summed E-state index contributed by atoms with van der Waals surface area (Å²) in [6, 6.07) is 8.45. The normalized spacial score (nSPS) is 15.2. The average molecular weight is 523 g/mol. The Balaban J connectivity index is 0.00000312. The lowest BCUT2D eigenvalue weighted by atomic mass is 9.95. The number of carbonyl (C=O) groups excluding carboxylic acids is 1. The van der Waals surface area contributed by atoms with Crippen LogP contribution in [0.2, 0.25) is 0 Å². The number of rotatable bonds is 5. The maximum Gasteiger partial charge on any atom is 0.239 e. The third kappa shape index (κ3) is 7.52. The quantitative estimate of drug-likeness (QED) is 0.353. The van der Waals surface area contributed by atoms with Crippen LogP contribution in [-0.4, -0.2) is 43.4 Å². The summed E-state index contributed by atoms with van der Waals surface area (Å²) in [7, 11) is 3.70. The second kappa shape index (κ2) is 11.7. The van der Waals surface area contributed by atoms with Crippen molar-refractivity contribution in [2.24, 2.45) is 4.99 Å². The van der Waals surface area contributed by atoms with Gasteiger partial charge in [-0.25, -0.2) is 0 Å². The fourth-order valence-corrected chi connectivity index (χ4v) is 3.44. The van der Waals surface area contributed by atoms with Crippen LogP contribution in [0.25, 0.3) is 0 Å². The Kier molecular flexibility index (Phi) is 10.4. The lowest BCUT2D eigenvalue weighted by molar-refractivity contribution is -0.120. The van der Waals surface area contributed by atoms with E-state index < -0.39 is 0 Å². The molecule has 0 radical (unpaired) electrons. The van der Waals surface area contributed by atoms with Gasteiger partial charge >= 0.3 is 0 Å². The lowest BCUT2D eigenvalue weighted by Crippen LogP contribution is -2.46. The summed E-state index contributed by atoms with van der Waals surface area (Å²) in [5.41, 5.74) is 1.18. The van der Waals surface area contributed by atoms with E-state index in [1.54, 1.807) is 7.05 Å². The smallest absolute Gasteiger partial charge is 0.239 e. The lowest BCUT2D eigenvalue weighted by Gasteiger charge is -2.25. The Morgan fingerprint density at radius 1 is 1.28 bits per heavy atom. The Labute approximate surface area is 176 Å². The molecule has 1 saturated carbocycles. The molecule has 1 amide bonds. The Morgan fingerprint density at radius 2 is 1.96 bits per heavy atom. The number of carbonyl (C=O) groups is 1. The van der Waals surface area contributed by atoms with Crippen LogP contribution in [0.4, 0.5) is 0 Å². The zero-order chi connectivity index (χ0) is 17.4. The van der Waals surface area contributed by atoms with E-state index in [1.165, 1.54) is 24.8 Å². The van der Waals surface area contributed by atoms with Crippen LogP contribution in [0.15, 0.2) is 33.7 Å². The molecule has 0 unspecified atom stereocenters. The molecular formula is C18H28BrIN4O. The number of hydrogen-bond acceptors (Lipinski definition) is 2. The predicted octanol–water partition coefficient (Wildman–Crippen LogP) is 3.52. The second-order valence-electron chi connectivity index (χ2n) is 6.25. The largest absolute Gasteiger partial charge is 0.352 e. The van der Waals surface area contributed by atoms with Crippen LogP contribution >= 0.6 is 39.9 Å². The molecule has 1 aliphatic carbocycles. The number of guanidine groups is 1. The third-order valence-corrected chi connectivity index (χ3v) is 5.09. The molecule has 0 saturated heterocycles. The number of nitrogens with zero attached hydrogens (tertiary/aromatic N) is 2. The van der Waals surface area contributed by atoms with Gasteiger partial charge in [-0.2, -0.15) is 0 Å². The summed E-state index contributed by atoms with van der Waals surface area (Å²) in [4.78, 5) is 18.4. The van der Waals surface area contributed by atoms with Crippen molar-refractivity contribution in [2.45, 2.75) is 44.7 Å². The molecule has 0 heterocycles. The zero-order valence-electron chi connectivity index (χ0n) is 14.9. The van der Waals surface area contributed by atoms with Gasteiger partial charge in [-0.1, -0.05) is 53.4 Å². The highest BCUT2D eigenvalue weighted by atomic mass is 127. The van der Waals surface area contributed by atoms with Gasteiger partial charge in [0.25, 0.3) is 0 Å². The van der Waals surface area contributed by atoms with Gasteiger partial charge in [0, 0.05) is 31.2 Å². The van der Waals surface area contributed by atoms with Gasteiger partial charge in [0.1, 0.15) is 0 Å². The number of hydrogen-bond donors (Lipinski definition) is 2. The predicted molar refractivity (Wildman–Crippen MR) is 117 cm³/mol. The van der Waals surface area contributed by atoms with Gasteiger partial charge in [0.2, 0.25) is 5.91 Å². The molecular weight excluding hydrogens is 495 g/mol. The van der Waals surface area contributed by atoms with Crippen molar-refractivity contribution in [2.75, 3.05) is 20.6 Å². The van der Waals surface area contributed by atoms with Crippen LogP contribution in [-0.2, 0) is 11.3 Å². The Hall–Kier alpha value is -0.830. The molecule has 1 aliphatic rings. The Bertz CT molecular complexity index is 576. The number of halogens is 2. The van der Waals surface area contributed by atoms with Crippen LogP contribution in [0.5, 0.6) is 0 Å². The molecule has 7 heteroatoms. The fourth-order valence-electron chi connectivity index (χ4n) is 3.03. The van der Waals surface area contributed by atoms with E-state index in [4.69, 9.17) is 0 Å². The minimum absolute atomic E-state index is 0. The first-order valence-electron chi connectivity index (χ1n) is 8.54. The van der Waals surface area contributed by atoms with Gasteiger partial charge in [-0.05, 0) is 24.5 Å². The molecule has 0 bridgehead atoms. The summed E-state index contributed by atoms with van der Waals surface area (Å²) >= 11 is 3.56. The van der Waals surface area contributed by atoms with Crippen molar-refractivity contribution in [1.82, 2.24) is 15.5 Å². The van der Waals surface area contributed by atoms with Gasteiger partial charge in [-0.15, -0.1) is 24.0 Å². The Morgan fingerprint density at radius 3 is 2.60 bits per heavy atom.